The second-order valence-electron chi connectivity index (χ2n) is 9.83. The fourth-order valence-electron chi connectivity index (χ4n) is 4.78. The molecule has 2 atom stereocenters. The van der Waals surface area contributed by atoms with Gasteiger partial charge in [-0.15, -0.1) is 12.4 Å². The number of halogens is 1. The fourth-order valence-corrected chi connectivity index (χ4v) is 6.01. The highest BCUT2D eigenvalue weighted by atomic mass is 35.5. The Hall–Kier alpha value is -1.68. The Bertz CT molecular complexity index is 905. The zero-order chi connectivity index (χ0) is 24.0. The zero-order valence-electron chi connectivity index (χ0n) is 20.1. The first kappa shape index (κ1) is 28.6. The summed E-state index contributed by atoms with van der Waals surface area (Å²) in [5.41, 5.74) is 5.97. The summed E-state index contributed by atoms with van der Waals surface area (Å²) in [5, 5.41) is 3.04. The van der Waals surface area contributed by atoms with Gasteiger partial charge in [0.2, 0.25) is 21.8 Å². The number of hydrogen-bond donors (Lipinski definition) is 3. The SMILES string of the molecule is CC(C)C[C@@H](NS(=O)(=O)c1ccccc1)C(=O)N1CCC[C@H]1C(=O)NC[C@H]1CC[C@H](N)CC1.Cl. The van der Waals surface area contributed by atoms with Crippen LogP contribution in [0.3, 0.4) is 0 Å². The summed E-state index contributed by atoms with van der Waals surface area (Å²) in [6.07, 6.45) is 5.64. The fraction of sp³-hybridized carbons (Fsp3) is 0.667. The second kappa shape index (κ2) is 12.9. The van der Waals surface area contributed by atoms with Crippen LogP contribution in [-0.2, 0) is 19.6 Å². The molecule has 1 heterocycles. The molecule has 4 N–H and O–H groups in total. The van der Waals surface area contributed by atoms with E-state index in [0.29, 0.717) is 31.8 Å². The highest BCUT2D eigenvalue weighted by Crippen LogP contribution is 2.24. The molecule has 0 radical (unpaired) electrons. The van der Waals surface area contributed by atoms with Crippen molar-refractivity contribution in [2.45, 2.75) is 81.8 Å². The van der Waals surface area contributed by atoms with E-state index in [1.165, 1.54) is 12.1 Å². The summed E-state index contributed by atoms with van der Waals surface area (Å²) < 4.78 is 28.4. The van der Waals surface area contributed by atoms with Crippen LogP contribution in [0.25, 0.3) is 0 Å². The Morgan fingerprint density at radius 3 is 2.35 bits per heavy atom. The highest BCUT2D eigenvalue weighted by Gasteiger charge is 2.38. The van der Waals surface area contributed by atoms with Crippen LogP contribution in [0.1, 0.15) is 58.8 Å². The molecule has 1 aromatic rings. The average Bonchev–Trinajstić information content (AvgIpc) is 3.28. The lowest BCUT2D eigenvalue weighted by molar-refractivity contribution is -0.140. The van der Waals surface area contributed by atoms with Crippen molar-refractivity contribution >= 4 is 34.2 Å². The lowest BCUT2D eigenvalue weighted by Gasteiger charge is -2.30. The lowest BCUT2D eigenvalue weighted by atomic mass is 9.86. The molecular formula is C24H39ClN4O4S. The largest absolute Gasteiger partial charge is 0.354 e. The first-order valence-corrected chi connectivity index (χ1v) is 13.6. The van der Waals surface area contributed by atoms with Crippen LogP contribution < -0.4 is 15.8 Å². The quantitative estimate of drug-likeness (QED) is 0.467. The molecule has 0 aromatic heterocycles. The number of nitrogens with zero attached hydrogens (tertiary/aromatic N) is 1. The number of likely N-dealkylation sites (tertiary alicyclic amines) is 1. The van der Waals surface area contributed by atoms with Crippen molar-refractivity contribution < 1.29 is 18.0 Å². The van der Waals surface area contributed by atoms with Crippen LogP contribution in [0.4, 0.5) is 0 Å². The van der Waals surface area contributed by atoms with E-state index < -0.39 is 22.1 Å². The Morgan fingerprint density at radius 2 is 1.74 bits per heavy atom. The molecule has 34 heavy (non-hydrogen) atoms. The molecule has 1 aliphatic heterocycles. The van der Waals surface area contributed by atoms with E-state index in [4.69, 9.17) is 5.73 Å². The molecule has 2 fully saturated rings. The molecule has 8 nitrogen and oxygen atoms in total. The number of carbonyl (C=O) groups excluding carboxylic acids is 2. The zero-order valence-corrected chi connectivity index (χ0v) is 21.7. The maximum Gasteiger partial charge on any atom is 0.242 e. The van der Waals surface area contributed by atoms with Crippen LogP contribution in [0.15, 0.2) is 35.2 Å². The monoisotopic (exact) mass is 514 g/mol. The number of carbonyl (C=O) groups is 2. The summed E-state index contributed by atoms with van der Waals surface area (Å²) in [5.74, 6) is 0.0464. The van der Waals surface area contributed by atoms with E-state index in [9.17, 15) is 18.0 Å². The molecule has 2 amide bonds. The molecule has 3 rings (SSSR count). The predicted molar refractivity (Wildman–Crippen MR) is 135 cm³/mol. The minimum absolute atomic E-state index is 0. The van der Waals surface area contributed by atoms with Crippen molar-refractivity contribution in [2.75, 3.05) is 13.1 Å². The van der Waals surface area contributed by atoms with E-state index in [1.54, 1.807) is 23.1 Å². The number of benzene rings is 1. The van der Waals surface area contributed by atoms with Crippen molar-refractivity contribution in [3.05, 3.63) is 30.3 Å². The van der Waals surface area contributed by atoms with Gasteiger partial charge < -0.3 is 16.0 Å². The molecule has 2 aliphatic rings. The normalized spacial score (nSPS) is 23.9. The van der Waals surface area contributed by atoms with E-state index in [-0.39, 0.29) is 41.1 Å². The predicted octanol–water partition coefficient (Wildman–Crippen LogP) is 2.43. The Balaban J connectivity index is 0.00000408. The van der Waals surface area contributed by atoms with Crippen LogP contribution in [-0.4, -0.2) is 56.3 Å². The van der Waals surface area contributed by atoms with Crippen LogP contribution in [0.2, 0.25) is 0 Å². The van der Waals surface area contributed by atoms with Gasteiger partial charge in [0.15, 0.2) is 0 Å². The molecule has 1 aliphatic carbocycles. The third kappa shape index (κ3) is 7.66. The molecular weight excluding hydrogens is 476 g/mol. The molecule has 0 spiro atoms. The maximum absolute atomic E-state index is 13.5. The first-order valence-electron chi connectivity index (χ1n) is 12.1. The summed E-state index contributed by atoms with van der Waals surface area (Å²) in [6, 6.07) is 6.83. The third-order valence-corrected chi connectivity index (χ3v) is 8.14. The first-order chi connectivity index (χ1) is 15.7. The number of sulfonamides is 1. The smallest absolute Gasteiger partial charge is 0.242 e. The number of nitrogens with one attached hydrogen (secondary N) is 2. The molecule has 1 saturated heterocycles. The Kier molecular flexibility index (Phi) is 10.8. The summed E-state index contributed by atoms with van der Waals surface area (Å²) in [4.78, 5) is 28.1. The Morgan fingerprint density at radius 1 is 1.09 bits per heavy atom. The molecule has 0 unspecified atom stereocenters. The van der Waals surface area contributed by atoms with Crippen molar-refractivity contribution in [2.24, 2.45) is 17.6 Å². The van der Waals surface area contributed by atoms with Gasteiger partial charge in [0, 0.05) is 19.1 Å². The topological polar surface area (TPSA) is 122 Å². The van der Waals surface area contributed by atoms with Gasteiger partial charge >= 0.3 is 0 Å². The van der Waals surface area contributed by atoms with Crippen molar-refractivity contribution in [3.63, 3.8) is 0 Å². The van der Waals surface area contributed by atoms with E-state index in [2.05, 4.69) is 10.0 Å². The van der Waals surface area contributed by atoms with Gasteiger partial charge in [-0.25, -0.2) is 8.42 Å². The average molecular weight is 515 g/mol. The van der Waals surface area contributed by atoms with Crippen LogP contribution in [0.5, 0.6) is 0 Å². The number of amides is 2. The molecule has 1 saturated carbocycles. The van der Waals surface area contributed by atoms with Gasteiger partial charge in [-0.2, -0.15) is 4.72 Å². The van der Waals surface area contributed by atoms with Crippen molar-refractivity contribution in [1.82, 2.24) is 14.9 Å². The van der Waals surface area contributed by atoms with E-state index in [1.807, 2.05) is 13.8 Å². The van der Waals surface area contributed by atoms with Gasteiger partial charge in [0.05, 0.1) is 4.90 Å². The van der Waals surface area contributed by atoms with Gasteiger partial charge in [0.25, 0.3) is 0 Å². The minimum atomic E-state index is -3.85. The van der Waals surface area contributed by atoms with Gasteiger partial charge in [-0.3, -0.25) is 9.59 Å². The molecule has 1 aromatic carbocycles. The summed E-state index contributed by atoms with van der Waals surface area (Å²) in [6.45, 7) is 4.94. The number of rotatable bonds is 9. The second-order valence-corrected chi connectivity index (χ2v) is 11.5. The summed E-state index contributed by atoms with van der Waals surface area (Å²) >= 11 is 0. The number of hydrogen-bond acceptors (Lipinski definition) is 5. The lowest BCUT2D eigenvalue weighted by Crippen LogP contribution is -2.54. The van der Waals surface area contributed by atoms with Gasteiger partial charge in [0.1, 0.15) is 12.1 Å². The molecule has 10 heteroatoms. The van der Waals surface area contributed by atoms with Gasteiger partial charge in [-0.1, -0.05) is 32.0 Å². The maximum atomic E-state index is 13.5. The Labute approximate surface area is 209 Å². The standard InChI is InChI=1S/C24H38N4O4S.ClH/c1-17(2)15-21(27-33(31,32)20-7-4-3-5-8-20)24(30)28-14-6-9-22(28)23(29)26-16-18-10-12-19(25)13-11-18;/h3-5,7-8,17-19,21-22,27H,6,9-16,25H2,1-2H3,(H,26,29);1H/t18-,19-,21-,22+;/m1./s1. The molecule has 0 bridgehead atoms. The van der Waals surface area contributed by atoms with Crippen molar-refractivity contribution in [3.8, 4) is 0 Å². The third-order valence-electron chi connectivity index (χ3n) is 6.65. The molecule has 192 valence electrons. The highest BCUT2D eigenvalue weighted by molar-refractivity contribution is 7.89. The summed E-state index contributed by atoms with van der Waals surface area (Å²) in [7, 11) is -3.85. The van der Waals surface area contributed by atoms with Crippen LogP contribution >= 0.6 is 12.4 Å². The van der Waals surface area contributed by atoms with E-state index in [0.717, 1.165) is 32.1 Å². The van der Waals surface area contributed by atoms with E-state index >= 15 is 0 Å². The number of nitrogens with two attached hydrogens (primary N) is 1. The van der Waals surface area contributed by atoms with Gasteiger partial charge in [-0.05, 0) is 68.9 Å². The van der Waals surface area contributed by atoms with Crippen LogP contribution in [0, 0.1) is 11.8 Å². The minimum Gasteiger partial charge on any atom is -0.354 e. The van der Waals surface area contributed by atoms with Crippen molar-refractivity contribution in [1.29, 1.82) is 0 Å².